The molecule has 4 rings (SSSR count). The van der Waals surface area contributed by atoms with Gasteiger partial charge in [0.15, 0.2) is 5.75 Å². The fourth-order valence-electron chi connectivity index (χ4n) is 4.87. The van der Waals surface area contributed by atoms with E-state index < -0.39 is 76.3 Å². The molecule has 1 amide bonds. The number of nitrogens with two attached hydrogens (primary N) is 1. The van der Waals surface area contributed by atoms with Crippen molar-refractivity contribution < 1.29 is 54.5 Å². The minimum absolute atomic E-state index is 0.00828. The first-order valence-corrected chi connectivity index (χ1v) is 12.1. The highest BCUT2D eigenvalue weighted by Gasteiger charge is 2.47. The molecule has 3 aromatic rings. The summed E-state index contributed by atoms with van der Waals surface area (Å²) in [6, 6.07) is 3.14. The molecule has 16 heteroatoms. The zero-order chi connectivity index (χ0) is 31.4. The van der Waals surface area contributed by atoms with Gasteiger partial charge in [0, 0.05) is 12.3 Å². The summed E-state index contributed by atoms with van der Waals surface area (Å²) in [6.07, 6.45) is -16.9. The minimum Gasteiger partial charge on any atom is -0.504 e. The van der Waals surface area contributed by atoms with Crippen LogP contribution < -0.4 is 10.6 Å². The Morgan fingerprint density at radius 3 is 2.05 bits per heavy atom. The Labute approximate surface area is 231 Å². The van der Waals surface area contributed by atoms with Crippen LogP contribution in [0.25, 0.3) is 0 Å². The third-order valence-corrected chi connectivity index (χ3v) is 6.97. The van der Waals surface area contributed by atoms with Crippen molar-refractivity contribution >= 4 is 11.8 Å². The number of halogens is 9. The third kappa shape index (κ3) is 5.93. The monoisotopic (exact) mass is 608 g/mol. The fourth-order valence-corrected chi connectivity index (χ4v) is 4.87. The van der Waals surface area contributed by atoms with Crippen LogP contribution in [0.3, 0.4) is 0 Å². The lowest BCUT2D eigenvalue weighted by Gasteiger charge is -2.46. The summed E-state index contributed by atoms with van der Waals surface area (Å²) in [5.41, 5.74) is -0.892. The number of amides is 1. The Morgan fingerprint density at radius 1 is 0.976 bits per heavy atom. The first-order valence-electron chi connectivity index (χ1n) is 12.1. The van der Waals surface area contributed by atoms with Crippen LogP contribution in [0.5, 0.6) is 5.75 Å². The number of nitrogens with zero attached hydrogens (tertiary/aromatic N) is 3. The van der Waals surface area contributed by atoms with Crippen molar-refractivity contribution in [3.05, 3.63) is 81.9 Å². The number of anilines is 1. The van der Waals surface area contributed by atoms with Crippen molar-refractivity contribution in [2.45, 2.75) is 56.3 Å². The molecule has 2 aromatic carbocycles. The number of rotatable bonds is 4. The van der Waals surface area contributed by atoms with Crippen LogP contribution in [0.2, 0.25) is 0 Å². The summed E-state index contributed by atoms with van der Waals surface area (Å²) in [4.78, 5) is 20.9. The molecule has 0 saturated heterocycles. The molecule has 1 aromatic heterocycles. The van der Waals surface area contributed by atoms with Crippen molar-refractivity contribution in [3.8, 4) is 5.75 Å². The number of hydrogen-bond acceptors (Lipinski definition) is 5. The first-order chi connectivity index (χ1) is 19.2. The molecule has 0 radical (unpaired) electrons. The van der Waals surface area contributed by atoms with Crippen LogP contribution in [-0.4, -0.2) is 31.9 Å². The van der Waals surface area contributed by atoms with E-state index in [9.17, 15) is 54.5 Å². The Morgan fingerprint density at radius 2 is 1.55 bits per heavy atom. The van der Waals surface area contributed by atoms with Crippen LogP contribution >= 0.6 is 0 Å². The zero-order valence-corrected chi connectivity index (χ0v) is 21.4. The molecular weight excluding hydrogens is 587 g/mol. The SMILES string of the molecule is CC[C@]1(N)C[C@H](c2ncc(O)c(Cc3cc(C(F)(F)F)cc(C(F)(F)F)c3)n2)c2cc(C(F)(F)F)ccc2N1C(=O)O. The van der Waals surface area contributed by atoms with E-state index in [1.54, 1.807) is 0 Å². The van der Waals surface area contributed by atoms with Gasteiger partial charge in [-0.1, -0.05) is 6.92 Å². The summed E-state index contributed by atoms with van der Waals surface area (Å²) < 4.78 is 121. The normalized spacial score (nSPS) is 19.5. The zero-order valence-electron chi connectivity index (χ0n) is 21.4. The smallest absolute Gasteiger partial charge is 0.416 e. The lowest BCUT2D eigenvalue weighted by Crippen LogP contribution is -2.61. The second kappa shape index (κ2) is 10.3. The largest absolute Gasteiger partial charge is 0.504 e. The molecule has 1 aliphatic heterocycles. The molecular formula is C26H21F9N4O3. The molecule has 0 fully saturated rings. The Balaban J connectivity index is 1.86. The maximum atomic E-state index is 13.6. The lowest BCUT2D eigenvalue weighted by molar-refractivity contribution is -0.143. The summed E-state index contributed by atoms with van der Waals surface area (Å²) in [5.74, 6) is -2.18. The average molecular weight is 608 g/mol. The van der Waals surface area contributed by atoms with E-state index in [0.717, 1.165) is 17.2 Å². The van der Waals surface area contributed by atoms with E-state index in [1.165, 1.54) is 6.92 Å². The highest BCUT2D eigenvalue weighted by atomic mass is 19.4. The van der Waals surface area contributed by atoms with Gasteiger partial charge in [-0.2, -0.15) is 39.5 Å². The van der Waals surface area contributed by atoms with Gasteiger partial charge < -0.3 is 15.9 Å². The third-order valence-electron chi connectivity index (χ3n) is 6.97. The van der Waals surface area contributed by atoms with E-state index in [-0.39, 0.29) is 36.0 Å². The summed E-state index contributed by atoms with van der Waals surface area (Å²) in [6.45, 7) is 1.54. The summed E-state index contributed by atoms with van der Waals surface area (Å²) in [5, 5.41) is 20.2. The molecule has 2 heterocycles. The van der Waals surface area contributed by atoms with E-state index >= 15 is 0 Å². The van der Waals surface area contributed by atoms with Crippen molar-refractivity contribution in [3.63, 3.8) is 0 Å². The van der Waals surface area contributed by atoms with Crippen molar-refractivity contribution in [2.75, 3.05) is 4.90 Å². The Hall–Kier alpha value is -4.08. The minimum atomic E-state index is -5.13. The van der Waals surface area contributed by atoms with E-state index in [1.807, 2.05) is 0 Å². The molecule has 7 nitrogen and oxygen atoms in total. The average Bonchev–Trinajstić information content (AvgIpc) is 2.87. The van der Waals surface area contributed by atoms with Crippen LogP contribution in [0.4, 0.5) is 50.0 Å². The first kappa shape index (κ1) is 30.9. The standard InChI is InChI=1S/C26H21F9N4O3/c1-2-23(36)10-17(16-9-13(24(27,28)29)3-4-19(16)39(23)22(41)42)21-37-11-20(40)18(38-21)7-12-5-14(25(30,31)32)8-15(6-12)26(33,34)35/h3-6,8-9,11,17,40H,2,7,10,36H2,1H3,(H,41,42)/t17-,23+/m0/s1. The topological polar surface area (TPSA) is 113 Å². The highest BCUT2D eigenvalue weighted by molar-refractivity contribution is 5.90. The second-order valence-electron chi connectivity index (χ2n) is 9.75. The quantitative estimate of drug-likeness (QED) is 0.278. The van der Waals surface area contributed by atoms with Gasteiger partial charge in [-0.15, -0.1) is 0 Å². The molecule has 0 aliphatic carbocycles. The number of aromatic nitrogens is 2. The molecule has 0 spiro atoms. The van der Waals surface area contributed by atoms with Gasteiger partial charge in [-0.05, 0) is 60.4 Å². The number of hydrogen-bond donors (Lipinski definition) is 3. The number of benzene rings is 2. The molecule has 4 N–H and O–H groups in total. The summed E-state index contributed by atoms with van der Waals surface area (Å²) in [7, 11) is 0. The lowest BCUT2D eigenvalue weighted by atomic mass is 9.80. The summed E-state index contributed by atoms with van der Waals surface area (Å²) >= 11 is 0. The van der Waals surface area contributed by atoms with Crippen molar-refractivity contribution in [1.82, 2.24) is 9.97 Å². The van der Waals surface area contributed by atoms with E-state index in [0.29, 0.717) is 24.3 Å². The number of carboxylic acid groups (broad SMARTS) is 1. The molecule has 42 heavy (non-hydrogen) atoms. The molecule has 0 saturated carbocycles. The van der Waals surface area contributed by atoms with Crippen LogP contribution in [-0.2, 0) is 24.9 Å². The maximum absolute atomic E-state index is 13.6. The number of carbonyl (C=O) groups is 1. The van der Waals surface area contributed by atoms with Gasteiger partial charge in [-0.25, -0.2) is 14.8 Å². The molecule has 0 unspecified atom stereocenters. The molecule has 0 bridgehead atoms. The van der Waals surface area contributed by atoms with E-state index in [4.69, 9.17) is 5.73 Å². The van der Waals surface area contributed by atoms with Gasteiger partial charge in [0.05, 0.1) is 34.3 Å². The fraction of sp³-hybridized carbons (Fsp3) is 0.346. The number of fused-ring (bicyclic) bond motifs is 1. The number of alkyl halides is 9. The molecule has 2 atom stereocenters. The Kier molecular flexibility index (Phi) is 7.59. The van der Waals surface area contributed by atoms with Crippen LogP contribution in [0.15, 0.2) is 42.6 Å². The van der Waals surface area contributed by atoms with Crippen molar-refractivity contribution in [2.24, 2.45) is 5.73 Å². The van der Waals surface area contributed by atoms with E-state index in [2.05, 4.69) is 9.97 Å². The van der Waals surface area contributed by atoms with Gasteiger partial charge in [0.25, 0.3) is 0 Å². The molecule has 1 aliphatic rings. The Bertz CT molecular complexity index is 1490. The highest BCUT2D eigenvalue weighted by Crippen LogP contribution is 2.47. The maximum Gasteiger partial charge on any atom is 0.416 e. The second-order valence-corrected chi connectivity index (χ2v) is 9.75. The van der Waals surface area contributed by atoms with Crippen LogP contribution in [0, 0.1) is 0 Å². The predicted molar refractivity (Wildman–Crippen MR) is 129 cm³/mol. The van der Waals surface area contributed by atoms with Crippen LogP contribution in [0.1, 0.15) is 65.0 Å². The van der Waals surface area contributed by atoms with Gasteiger partial charge in [0.1, 0.15) is 11.5 Å². The number of aromatic hydroxyl groups is 1. The van der Waals surface area contributed by atoms with Gasteiger partial charge >= 0.3 is 24.6 Å². The van der Waals surface area contributed by atoms with Gasteiger partial charge in [-0.3, -0.25) is 4.90 Å². The van der Waals surface area contributed by atoms with Gasteiger partial charge in [0.2, 0.25) is 0 Å². The molecule has 226 valence electrons. The van der Waals surface area contributed by atoms with Crippen molar-refractivity contribution in [1.29, 1.82) is 0 Å². The predicted octanol–water partition coefficient (Wildman–Crippen LogP) is 6.91.